The molecule has 2 heteroatoms. The van der Waals surface area contributed by atoms with E-state index in [1.54, 1.807) is 0 Å². The zero-order valence-corrected chi connectivity index (χ0v) is 5.88. The summed E-state index contributed by atoms with van der Waals surface area (Å²) in [6.07, 6.45) is 8.91. The van der Waals surface area contributed by atoms with E-state index < -0.39 is 0 Å². The molecule has 0 aromatic heterocycles. The third-order valence-corrected chi connectivity index (χ3v) is 1.48. The van der Waals surface area contributed by atoms with Gasteiger partial charge in [0, 0.05) is 12.2 Å². The lowest BCUT2D eigenvalue weighted by Crippen LogP contribution is -2.07. The standard InChI is InChI=1S/C8H12N2/c9-6-7-4-2-1-3-5-8(7)10/h2-5H,1,6,9-10H2. The van der Waals surface area contributed by atoms with E-state index >= 15 is 0 Å². The monoisotopic (exact) mass is 136 g/mol. The number of nitrogens with two attached hydrogens (primary N) is 2. The summed E-state index contributed by atoms with van der Waals surface area (Å²) >= 11 is 0. The van der Waals surface area contributed by atoms with Crippen molar-refractivity contribution < 1.29 is 0 Å². The van der Waals surface area contributed by atoms with Crippen LogP contribution in [0.3, 0.4) is 0 Å². The molecule has 54 valence electrons. The van der Waals surface area contributed by atoms with Gasteiger partial charge in [0.15, 0.2) is 0 Å². The first kappa shape index (κ1) is 7.09. The zero-order chi connectivity index (χ0) is 7.40. The molecule has 0 aromatic carbocycles. The molecule has 0 aromatic rings. The normalized spacial score (nSPS) is 17.7. The molecule has 1 rings (SSSR count). The van der Waals surface area contributed by atoms with Gasteiger partial charge in [0.05, 0.1) is 0 Å². The maximum atomic E-state index is 5.65. The Bertz CT molecular complexity index is 199. The SMILES string of the molecule is NCC1=C(N)C=CCC=C1. The second-order valence-electron chi connectivity index (χ2n) is 2.23. The number of hydrogen-bond donors (Lipinski definition) is 2. The van der Waals surface area contributed by atoms with Crippen LogP contribution in [0, 0.1) is 0 Å². The highest BCUT2D eigenvalue weighted by molar-refractivity contribution is 5.34. The first-order valence-electron chi connectivity index (χ1n) is 3.36. The van der Waals surface area contributed by atoms with Gasteiger partial charge < -0.3 is 11.5 Å². The highest BCUT2D eigenvalue weighted by Gasteiger charge is 1.95. The number of allylic oxidation sites excluding steroid dienone is 3. The molecule has 0 aliphatic heterocycles. The topological polar surface area (TPSA) is 52.0 Å². The molecular weight excluding hydrogens is 124 g/mol. The van der Waals surface area contributed by atoms with Crippen LogP contribution in [0.5, 0.6) is 0 Å². The smallest absolute Gasteiger partial charge is 0.0356 e. The Morgan fingerprint density at radius 3 is 2.70 bits per heavy atom. The summed E-state index contributed by atoms with van der Waals surface area (Å²) < 4.78 is 0. The molecule has 10 heavy (non-hydrogen) atoms. The van der Waals surface area contributed by atoms with Gasteiger partial charge in [-0.25, -0.2) is 0 Å². The average molecular weight is 136 g/mol. The average Bonchev–Trinajstić information content (AvgIpc) is 2.13. The fourth-order valence-corrected chi connectivity index (χ4v) is 0.873. The molecule has 0 spiro atoms. The first-order valence-corrected chi connectivity index (χ1v) is 3.36. The quantitative estimate of drug-likeness (QED) is 0.556. The predicted molar refractivity (Wildman–Crippen MR) is 43.2 cm³/mol. The molecule has 0 amide bonds. The molecule has 0 bridgehead atoms. The van der Waals surface area contributed by atoms with E-state index in [2.05, 4.69) is 6.08 Å². The summed E-state index contributed by atoms with van der Waals surface area (Å²) in [4.78, 5) is 0. The van der Waals surface area contributed by atoms with Gasteiger partial charge >= 0.3 is 0 Å². The minimum atomic E-state index is 0.521. The maximum absolute atomic E-state index is 5.65. The lowest BCUT2D eigenvalue weighted by molar-refractivity contribution is 1.15. The van der Waals surface area contributed by atoms with Crippen LogP contribution in [-0.2, 0) is 0 Å². The molecule has 0 radical (unpaired) electrons. The van der Waals surface area contributed by atoms with Crippen LogP contribution in [0.1, 0.15) is 6.42 Å². The lowest BCUT2D eigenvalue weighted by Gasteiger charge is -1.98. The largest absolute Gasteiger partial charge is 0.398 e. The summed E-state index contributed by atoms with van der Waals surface area (Å²) in [5.41, 5.74) is 12.9. The molecule has 4 N–H and O–H groups in total. The van der Waals surface area contributed by atoms with Crippen LogP contribution in [0.15, 0.2) is 35.6 Å². The van der Waals surface area contributed by atoms with Crippen molar-refractivity contribution in [3.05, 3.63) is 35.6 Å². The predicted octanol–water partition coefficient (Wildman–Crippen LogP) is 0.674. The minimum Gasteiger partial charge on any atom is -0.398 e. The number of hydrogen-bond acceptors (Lipinski definition) is 2. The van der Waals surface area contributed by atoms with Crippen molar-refractivity contribution in [1.29, 1.82) is 0 Å². The van der Waals surface area contributed by atoms with Gasteiger partial charge in [0.2, 0.25) is 0 Å². The summed E-state index contributed by atoms with van der Waals surface area (Å²) in [5.74, 6) is 0. The van der Waals surface area contributed by atoms with Gasteiger partial charge in [-0.15, -0.1) is 0 Å². The van der Waals surface area contributed by atoms with Gasteiger partial charge in [-0.3, -0.25) is 0 Å². The van der Waals surface area contributed by atoms with E-state index in [1.807, 2.05) is 18.2 Å². The molecule has 0 atom stereocenters. The van der Waals surface area contributed by atoms with Crippen molar-refractivity contribution in [3.8, 4) is 0 Å². The Balaban J connectivity index is 2.88. The molecule has 0 fully saturated rings. The molecule has 0 unspecified atom stereocenters. The van der Waals surface area contributed by atoms with Crippen LogP contribution < -0.4 is 11.5 Å². The molecular formula is C8H12N2. The molecule has 0 heterocycles. The van der Waals surface area contributed by atoms with E-state index in [-0.39, 0.29) is 0 Å². The zero-order valence-electron chi connectivity index (χ0n) is 5.88. The van der Waals surface area contributed by atoms with Crippen molar-refractivity contribution in [1.82, 2.24) is 0 Å². The second kappa shape index (κ2) is 3.22. The summed E-state index contributed by atoms with van der Waals surface area (Å²) in [5, 5.41) is 0. The van der Waals surface area contributed by atoms with E-state index in [9.17, 15) is 0 Å². The van der Waals surface area contributed by atoms with Gasteiger partial charge in [-0.1, -0.05) is 18.2 Å². The molecule has 2 nitrogen and oxygen atoms in total. The summed E-state index contributed by atoms with van der Waals surface area (Å²) in [7, 11) is 0. The molecule has 0 saturated heterocycles. The fraction of sp³-hybridized carbons (Fsp3) is 0.250. The first-order chi connectivity index (χ1) is 4.84. The van der Waals surface area contributed by atoms with Gasteiger partial charge in [-0.2, -0.15) is 0 Å². The van der Waals surface area contributed by atoms with Crippen molar-refractivity contribution >= 4 is 0 Å². The highest BCUT2D eigenvalue weighted by atomic mass is 14.6. The minimum absolute atomic E-state index is 0.521. The third kappa shape index (κ3) is 1.48. The maximum Gasteiger partial charge on any atom is 0.0356 e. The van der Waals surface area contributed by atoms with Gasteiger partial charge in [0.25, 0.3) is 0 Å². The molecule has 1 aliphatic carbocycles. The Morgan fingerprint density at radius 2 is 2.00 bits per heavy atom. The Kier molecular flexibility index (Phi) is 2.29. The summed E-state index contributed by atoms with van der Waals surface area (Å²) in [6, 6.07) is 0. The van der Waals surface area contributed by atoms with Crippen molar-refractivity contribution in [2.75, 3.05) is 6.54 Å². The molecule has 0 saturated carbocycles. The van der Waals surface area contributed by atoms with Crippen LogP contribution in [-0.4, -0.2) is 6.54 Å². The fourth-order valence-electron chi connectivity index (χ4n) is 0.873. The Hall–Kier alpha value is -1.02. The van der Waals surface area contributed by atoms with Crippen molar-refractivity contribution in [3.63, 3.8) is 0 Å². The molecule has 1 aliphatic rings. The van der Waals surface area contributed by atoms with Gasteiger partial charge in [0.1, 0.15) is 0 Å². The third-order valence-electron chi connectivity index (χ3n) is 1.48. The second-order valence-corrected chi connectivity index (χ2v) is 2.23. The van der Waals surface area contributed by atoms with Gasteiger partial charge in [-0.05, 0) is 18.1 Å². The van der Waals surface area contributed by atoms with Crippen LogP contribution >= 0.6 is 0 Å². The highest BCUT2D eigenvalue weighted by Crippen LogP contribution is 2.06. The summed E-state index contributed by atoms with van der Waals surface area (Å²) in [6.45, 7) is 0.521. The van der Waals surface area contributed by atoms with E-state index in [0.29, 0.717) is 6.54 Å². The Labute approximate surface area is 60.9 Å². The van der Waals surface area contributed by atoms with Crippen LogP contribution in [0.4, 0.5) is 0 Å². The van der Waals surface area contributed by atoms with E-state index in [4.69, 9.17) is 11.5 Å². The van der Waals surface area contributed by atoms with Crippen molar-refractivity contribution in [2.24, 2.45) is 11.5 Å². The Morgan fingerprint density at radius 1 is 1.30 bits per heavy atom. The van der Waals surface area contributed by atoms with E-state index in [1.165, 1.54) is 0 Å². The van der Waals surface area contributed by atoms with E-state index in [0.717, 1.165) is 17.7 Å². The van der Waals surface area contributed by atoms with Crippen LogP contribution in [0.25, 0.3) is 0 Å². The lowest BCUT2D eigenvalue weighted by atomic mass is 10.2. The number of rotatable bonds is 1. The van der Waals surface area contributed by atoms with Crippen molar-refractivity contribution in [2.45, 2.75) is 6.42 Å². The van der Waals surface area contributed by atoms with Crippen LogP contribution in [0.2, 0.25) is 0 Å².